The van der Waals surface area contributed by atoms with E-state index < -0.39 is 11.7 Å². The van der Waals surface area contributed by atoms with Crippen LogP contribution in [0.4, 0.5) is 24.0 Å². The second-order valence-electron chi connectivity index (χ2n) is 6.31. The molecule has 0 amide bonds. The fourth-order valence-electron chi connectivity index (χ4n) is 3.22. The summed E-state index contributed by atoms with van der Waals surface area (Å²) in [7, 11) is 0. The molecule has 136 valence electrons. The van der Waals surface area contributed by atoms with Crippen LogP contribution in [0.5, 0.6) is 5.75 Å². The predicted molar refractivity (Wildman–Crippen MR) is 93.5 cm³/mol. The monoisotopic (exact) mass is 370 g/mol. The van der Waals surface area contributed by atoms with Crippen LogP contribution in [0.2, 0.25) is 0 Å². The Hall–Kier alpha value is -1.76. The number of thiazole rings is 1. The van der Waals surface area contributed by atoms with Crippen LogP contribution in [0.1, 0.15) is 44.1 Å². The molecule has 25 heavy (non-hydrogen) atoms. The van der Waals surface area contributed by atoms with Crippen LogP contribution in [-0.4, -0.2) is 11.6 Å². The number of benzene rings is 1. The van der Waals surface area contributed by atoms with Crippen LogP contribution in [0, 0.1) is 5.92 Å². The minimum atomic E-state index is -4.46. The molecule has 1 fully saturated rings. The third-order valence-corrected chi connectivity index (χ3v) is 5.15. The van der Waals surface area contributed by atoms with E-state index in [1.165, 1.54) is 43.1 Å². The number of anilines is 2. The quantitative estimate of drug-likeness (QED) is 0.585. The summed E-state index contributed by atoms with van der Waals surface area (Å²) in [5.41, 5.74) is -0.407. The molecule has 1 aliphatic carbocycles. The van der Waals surface area contributed by atoms with Crippen LogP contribution in [-0.2, 0) is 6.18 Å². The standard InChI is InChI=1S/C18H21F3N2OS/c19-18(20,21)15-12-14(23-17-22-9-11-25-17)7-8-16(15)24-10-3-6-13-4-1-2-5-13/h7-9,11-13H,1-6,10H2,(H,22,23). The summed E-state index contributed by atoms with van der Waals surface area (Å²) >= 11 is 1.33. The molecule has 3 rings (SSSR count). The Balaban J connectivity index is 1.63. The first-order chi connectivity index (χ1) is 12.0. The molecule has 0 aliphatic heterocycles. The maximum atomic E-state index is 13.3. The lowest BCUT2D eigenvalue weighted by Gasteiger charge is -2.16. The molecule has 0 radical (unpaired) electrons. The number of alkyl halides is 3. The van der Waals surface area contributed by atoms with Gasteiger partial charge < -0.3 is 10.1 Å². The number of hydrogen-bond acceptors (Lipinski definition) is 4. The molecule has 1 heterocycles. The highest BCUT2D eigenvalue weighted by Gasteiger charge is 2.34. The van der Waals surface area contributed by atoms with E-state index in [1.54, 1.807) is 17.6 Å². The Bertz CT molecular complexity index is 667. The van der Waals surface area contributed by atoms with Crippen molar-refractivity contribution in [2.75, 3.05) is 11.9 Å². The smallest absolute Gasteiger partial charge is 0.420 e. The molecular formula is C18H21F3N2OS. The lowest BCUT2D eigenvalue weighted by molar-refractivity contribution is -0.138. The van der Waals surface area contributed by atoms with Crippen molar-refractivity contribution in [1.29, 1.82) is 0 Å². The van der Waals surface area contributed by atoms with Crippen LogP contribution in [0.3, 0.4) is 0 Å². The highest BCUT2D eigenvalue weighted by atomic mass is 32.1. The molecule has 1 N–H and O–H groups in total. The second-order valence-corrected chi connectivity index (χ2v) is 7.21. The Labute approximate surface area is 149 Å². The van der Waals surface area contributed by atoms with E-state index in [9.17, 15) is 13.2 Å². The summed E-state index contributed by atoms with van der Waals surface area (Å²) in [4.78, 5) is 4.02. The number of halogens is 3. The van der Waals surface area contributed by atoms with E-state index in [0.29, 0.717) is 17.4 Å². The summed E-state index contributed by atoms with van der Waals surface area (Å²) in [6.07, 6.45) is 4.00. The lowest BCUT2D eigenvalue weighted by atomic mass is 10.0. The van der Waals surface area contributed by atoms with Gasteiger partial charge in [0.05, 0.1) is 12.2 Å². The fourth-order valence-corrected chi connectivity index (χ4v) is 3.77. The van der Waals surface area contributed by atoms with Crippen molar-refractivity contribution in [2.24, 2.45) is 5.92 Å². The Morgan fingerprint density at radius 1 is 1.24 bits per heavy atom. The number of rotatable bonds is 7. The van der Waals surface area contributed by atoms with Gasteiger partial charge in [0.1, 0.15) is 5.75 Å². The van der Waals surface area contributed by atoms with Crippen molar-refractivity contribution in [1.82, 2.24) is 4.98 Å². The number of ether oxygens (including phenoxy) is 1. The third kappa shape index (κ3) is 5.11. The molecule has 0 spiro atoms. The largest absolute Gasteiger partial charge is 0.493 e. The zero-order valence-corrected chi connectivity index (χ0v) is 14.6. The molecular weight excluding hydrogens is 349 g/mol. The molecule has 2 aromatic rings. The minimum Gasteiger partial charge on any atom is -0.493 e. The van der Waals surface area contributed by atoms with Gasteiger partial charge in [-0.05, 0) is 37.0 Å². The number of nitrogens with zero attached hydrogens (tertiary/aromatic N) is 1. The summed E-state index contributed by atoms with van der Waals surface area (Å²) in [5.74, 6) is 0.610. The van der Waals surface area contributed by atoms with E-state index in [0.717, 1.165) is 24.8 Å². The average molecular weight is 370 g/mol. The van der Waals surface area contributed by atoms with Gasteiger partial charge in [0.15, 0.2) is 5.13 Å². The van der Waals surface area contributed by atoms with Crippen LogP contribution < -0.4 is 10.1 Å². The molecule has 7 heteroatoms. The zero-order chi connectivity index (χ0) is 17.7. The van der Waals surface area contributed by atoms with Gasteiger partial charge in [0.25, 0.3) is 0 Å². The zero-order valence-electron chi connectivity index (χ0n) is 13.8. The molecule has 0 atom stereocenters. The van der Waals surface area contributed by atoms with Crippen LogP contribution in [0.25, 0.3) is 0 Å². The lowest BCUT2D eigenvalue weighted by Crippen LogP contribution is -2.10. The first-order valence-electron chi connectivity index (χ1n) is 8.53. The van der Waals surface area contributed by atoms with Crippen molar-refractivity contribution in [3.8, 4) is 5.75 Å². The molecule has 0 saturated heterocycles. The van der Waals surface area contributed by atoms with E-state index in [4.69, 9.17) is 4.74 Å². The minimum absolute atomic E-state index is 0.108. The van der Waals surface area contributed by atoms with Gasteiger partial charge in [0, 0.05) is 17.3 Å². The van der Waals surface area contributed by atoms with E-state index >= 15 is 0 Å². The molecule has 1 aromatic carbocycles. The average Bonchev–Trinajstić information content (AvgIpc) is 3.25. The highest BCUT2D eigenvalue weighted by Crippen LogP contribution is 2.38. The van der Waals surface area contributed by atoms with Gasteiger partial charge in [-0.3, -0.25) is 0 Å². The van der Waals surface area contributed by atoms with E-state index in [-0.39, 0.29) is 5.75 Å². The van der Waals surface area contributed by atoms with Crippen molar-refractivity contribution in [2.45, 2.75) is 44.7 Å². The molecule has 3 nitrogen and oxygen atoms in total. The van der Waals surface area contributed by atoms with Crippen molar-refractivity contribution in [3.63, 3.8) is 0 Å². The molecule has 1 saturated carbocycles. The number of nitrogens with one attached hydrogen (secondary N) is 1. The normalized spacial score (nSPS) is 15.5. The molecule has 0 bridgehead atoms. The van der Waals surface area contributed by atoms with E-state index in [1.807, 2.05) is 0 Å². The SMILES string of the molecule is FC(F)(F)c1cc(Nc2nccs2)ccc1OCCCC1CCCC1. The van der Waals surface area contributed by atoms with Gasteiger partial charge >= 0.3 is 6.18 Å². The molecule has 1 aliphatic rings. The number of hydrogen-bond donors (Lipinski definition) is 1. The van der Waals surface area contributed by atoms with Crippen molar-refractivity contribution >= 4 is 22.2 Å². The van der Waals surface area contributed by atoms with Gasteiger partial charge in [0.2, 0.25) is 0 Å². The van der Waals surface area contributed by atoms with Crippen LogP contribution in [0.15, 0.2) is 29.8 Å². The van der Waals surface area contributed by atoms with Gasteiger partial charge in [-0.25, -0.2) is 4.98 Å². The fraction of sp³-hybridized carbons (Fsp3) is 0.500. The maximum absolute atomic E-state index is 13.3. The highest BCUT2D eigenvalue weighted by molar-refractivity contribution is 7.13. The maximum Gasteiger partial charge on any atom is 0.420 e. The second kappa shape index (κ2) is 8.08. The Kier molecular flexibility index (Phi) is 5.83. The first kappa shape index (κ1) is 18.0. The van der Waals surface area contributed by atoms with Crippen molar-refractivity contribution in [3.05, 3.63) is 35.3 Å². The summed E-state index contributed by atoms with van der Waals surface area (Å²) in [6.45, 7) is 0.318. The first-order valence-corrected chi connectivity index (χ1v) is 9.41. The summed E-state index contributed by atoms with van der Waals surface area (Å²) < 4.78 is 45.5. The Morgan fingerprint density at radius 3 is 2.72 bits per heavy atom. The van der Waals surface area contributed by atoms with Crippen LogP contribution >= 0.6 is 11.3 Å². The molecule has 0 unspecified atom stereocenters. The summed E-state index contributed by atoms with van der Waals surface area (Å²) in [5, 5.41) is 5.19. The Morgan fingerprint density at radius 2 is 2.04 bits per heavy atom. The predicted octanol–water partition coefficient (Wildman–Crippen LogP) is 6.25. The third-order valence-electron chi connectivity index (χ3n) is 4.46. The number of aromatic nitrogens is 1. The topological polar surface area (TPSA) is 34.2 Å². The molecule has 1 aromatic heterocycles. The van der Waals surface area contributed by atoms with Gasteiger partial charge in [-0.15, -0.1) is 11.3 Å². The summed E-state index contributed by atoms with van der Waals surface area (Å²) in [6, 6.07) is 4.05. The van der Waals surface area contributed by atoms with Gasteiger partial charge in [-0.1, -0.05) is 25.7 Å². The van der Waals surface area contributed by atoms with Crippen molar-refractivity contribution < 1.29 is 17.9 Å². The van der Waals surface area contributed by atoms with Gasteiger partial charge in [-0.2, -0.15) is 13.2 Å². The van der Waals surface area contributed by atoms with E-state index in [2.05, 4.69) is 10.3 Å².